The zero-order valence-corrected chi connectivity index (χ0v) is 17.8. The summed E-state index contributed by atoms with van der Waals surface area (Å²) in [7, 11) is 1.54. The van der Waals surface area contributed by atoms with Crippen molar-refractivity contribution in [2.75, 3.05) is 13.7 Å². The van der Waals surface area contributed by atoms with Crippen LogP contribution in [0.4, 0.5) is 0 Å². The van der Waals surface area contributed by atoms with Crippen LogP contribution in [0.5, 0.6) is 5.75 Å². The smallest absolute Gasteiger partial charge is 0.329 e. The first-order chi connectivity index (χ1) is 14.4. The maximum Gasteiger partial charge on any atom is 0.329 e. The summed E-state index contributed by atoms with van der Waals surface area (Å²) in [6, 6.07) is 12.2. The molecule has 0 saturated heterocycles. The second-order valence-corrected chi connectivity index (χ2v) is 7.29. The molecule has 156 valence electrons. The van der Waals surface area contributed by atoms with E-state index in [1.54, 1.807) is 39.5 Å². The highest BCUT2D eigenvalue weighted by Crippen LogP contribution is 2.26. The van der Waals surface area contributed by atoms with Crippen LogP contribution in [-0.2, 0) is 16.1 Å². The van der Waals surface area contributed by atoms with E-state index in [4.69, 9.17) is 21.1 Å². The number of rotatable bonds is 7. The topological polar surface area (TPSA) is 86.2 Å². The first-order valence-electron chi connectivity index (χ1n) is 9.50. The molecular formula is C22H22ClN3O4. The van der Waals surface area contributed by atoms with Gasteiger partial charge in [-0.25, -0.2) is 4.79 Å². The minimum Gasteiger partial charge on any atom is -0.495 e. The van der Waals surface area contributed by atoms with Crippen molar-refractivity contribution in [2.24, 2.45) is 0 Å². The molecule has 30 heavy (non-hydrogen) atoms. The maximum absolute atomic E-state index is 13.4. The van der Waals surface area contributed by atoms with E-state index in [-0.39, 0.29) is 24.9 Å². The Bertz CT molecular complexity index is 1190. The predicted octanol–water partition coefficient (Wildman–Crippen LogP) is 3.90. The summed E-state index contributed by atoms with van der Waals surface area (Å²) in [6.45, 7) is 3.63. The first kappa shape index (κ1) is 21.5. The van der Waals surface area contributed by atoms with Gasteiger partial charge in [0.25, 0.3) is 0 Å². The third-order valence-corrected chi connectivity index (χ3v) is 5.26. The molecule has 0 saturated carbocycles. The summed E-state index contributed by atoms with van der Waals surface area (Å²) < 4.78 is 13.6. The van der Waals surface area contributed by atoms with E-state index in [2.05, 4.69) is 6.07 Å². The van der Waals surface area contributed by atoms with Gasteiger partial charge in [0.1, 0.15) is 12.4 Å². The van der Waals surface area contributed by atoms with Gasteiger partial charge in [0, 0.05) is 6.92 Å². The lowest BCUT2D eigenvalue weighted by Crippen LogP contribution is -2.30. The molecule has 1 aromatic heterocycles. The van der Waals surface area contributed by atoms with E-state index in [1.165, 1.54) is 14.0 Å². The zero-order chi connectivity index (χ0) is 21.8. The number of esters is 1. The van der Waals surface area contributed by atoms with Crippen LogP contribution in [0.15, 0.2) is 41.2 Å². The van der Waals surface area contributed by atoms with Gasteiger partial charge in [-0.3, -0.25) is 13.9 Å². The summed E-state index contributed by atoms with van der Waals surface area (Å²) in [4.78, 5) is 24.7. The molecule has 0 N–H and O–H groups in total. The molecular weight excluding hydrogens is 406 g/mol. The fourth-order valence-electron chi connectivity index (χ4n) is 3.43. The molecule has 2 aromatic carbocycles. The molecule has 0 aliphatic carbocycles. The van der Waals surface area contributed by atoms with Crippen molar-refractivity contribution in [2.45, 2.75) is 32.9 Å². The number of hydrogen-bond donors (Lipinski definition) is 0. The number of nitrogens with zero attached hydrogens (tertiary/aromatic N) is 3. The number of imidazole rings is 1. The van der Waals surface area contributed by atoms with Crippen molar-refractivity contribution in [3.05, 3.63) is 63.0 Å². The van der Waals surface area contributed by atoms with Gasteiger partial charge in [0.05, 0.1) is 47.4 Å². The third-order valence-electron chi connectivity index (χ3n) is 4.96. The van der Waals surface area contributed by atoms with Crippen LogP contribution in [-0.4, -0.2) is 28.8 Å². The van der Waals surface area contributed by atoms with Gasteiger partial charge in [-0.05, 0) is 42.3 Å². The van der Waals surface area contributed by atoms with Crippen molar-refractivity contribution in [1.82, 2.24) is 9.13 Å². The van der Waals surface area contributed by atoms with E-state index >= 15 is 0 Å². The molecule has 0 aliphatic rings. The Labute approximate surface area is 179 Å². The second-order valence-electron chi connectivity index (χ2n) is 6.89. The molecule has 0 spiro atoms. The highest BCUT2D eigenvalue weighted by atomic mass is 35.5. The number of fused-ring (bicyclic) bond motifs is 1. The summed E-state index contributed by atoms with van der Waals surface area (Å²) >= 11 is 6.24. The number of benzene rings is 2. The quantitative estimate of drug-likeness (QED) is 0.534. The fraction of sp³-hybridized carbons (Fsp3) is 0.318. The Hall–Kier alpha value is -3.24. The standard InChI is InChI=1S/C22H22ClN3O4/c1-4-17(13-30-14(2)27)26-19-7-5-15(11-24)10-20(19)25(22(26)28)12-16-6-8-21(29-3)18(23)9-16/h5-10,17H,4,12-13H2,1-3H3/t17-/m1/s1. The predicted molar refractivity (Wildman–Crippen MR) is 114 cm³/mol. The SMILES string of the molecule is CC[C@H](COC(C)=O)n1c(=O)n(Cc2ccc(OC)c(Cl)c2)c2cc(C#N)ccc21. The van der Waals surface area contributed by atoms with Crippen LogP contribution in [0.25, 0.3) is 11.0 Å². The minimum atomic E-state index is -0.398. The molecule has 1 heterocycles. The Morgan fingerprint density at radius 3 is 2.60 bits per heavy atom. The van der Waals surface area contributed by atoms with Gasteiger partial charge >= 0.3 is 11.7 Å². The highest BCUT2D eigenvalue weighted by molar-refractivity contribution is 6.32. The van der Waals surface area contributed by atoms with Crippen LogP contribution in [0, 0.1) is 11.3 Å². The van der Waals surface area contributed by atoms with Crippen molar-refractivity contribution < 1.29 is 14.3 Å². The summed E-state index contributed by atoms with van der Waals surface area (Å²) in [6.07, 6.45) is 0.598. The second kappa shape index (κ2) is 9.06. The normalized spacial score (nSPS) is 11.8. The van der Waals surface area contributed by atoms with Crippen LogP contribution >= 0.6 is 11.6 Å². The van der Waals surface area contributed by atoms with Crippen molar-refractivity contribution >= 4 is 28.6 Å². The van der Waals surface area contributed by atoms with Crippen molar-refractivity contribution in [1.29, 1.82) is 5.26 Å². The molecule has 1 atom stereocenters. The monoisotopic (exact) mass is 427 g/mol. The molecule has 8 heteroatoms. The van der Waals surface area contributed by atoms with Crippen LogP contribution in [0.3, 0.4) is 0 Å². The van der Waals surface area contributed by atoms with E-state index in [9.17, 15) is 14.9 Å². The molecule has 3 rings (SSSR count). The van der Waals surface area contributed by atoms with E-state index in [0.29, 0.717) is 33.8 Å². The minimum absolute atomic E-state index is 0.0964. The van der Waals surface area contributed by atoms with Crippen LogP contribution in [0.2, 0.25) is 5.02 Å². The van der Waals surface area contributed by atoms with Crippen LogP contribution < -0.4 is 10.4 Å². The van der Waals surface area contributed by atoms with Crippen molar-refractivity contribution in [3.63, 3.8) is 0 Å². The number of ether oxygens (including phenoxy) is 2. The van der Waals surface area contributed by atoms with Crippen LogP contribution in [0.1, 0.15) is 37.4 Å². The number of halogens is 1. The van der Waals surface area contributed by atoms with Gasteiger partial charge in [0.15, 0.2) is 0 Å². The number of methoxy groups -OCH3 is 1. The Morgan fingerprint density at radius 2 is 2.00 bits per heavy atom. The van der Waals surface area contributed by atoms with E-state index < -0.39 is 5.97 Å². The van der Waals surface area contributed by atoms with E-state index in [1.807, 2.05) is 13.0 Å². The largest absolute Gasteiger partial charge is 0.495 e. The number of hydrogen-bond acceptors (Lipinski definition) is 5. The molecule has 3 aromatic rings. The fourth-order valence-corrected chi connectivity index (χ4v) is 3.71. The van der Waals surface area contributed by atoms with E-state index in [0.717, 1.165) is 5.56 Å². The lowest BCUT2D eigenvalue weighted by Gasteiger charge is -2.16. The third kappa shape index (κ3) is 4.19. The number of nitriles is 1. The highest BCUT2D eigenvalue weighted by Gasteiger charge is 2.21. The maximum atomic E-state index is 13.4. The van der Waals surface area contributed by atoms with Gasteiger partial charge in [0.2, 0.25) is 0 Å². The Balaban J connectivity index is 2.14. The van der Waals surface area contributed by atoms with Gasteiger partial charge in [-0.15, -0.1) is 0 Å². The molecule has 0 bridgehead atoms. The number of aromatic nitrogens is 2. The number of carbonyl (C=O) groups is 1. The summed E-state index contributed by atoms with van der Waals surface area (Å²) in [5.41, 5.74) is 2.34. The lowest BCUT2D eigenvalue weighted by molar-refractivity contribution is -0.142. The summed E-state index contributed by atoms with van der Waals surface area (Å²) in [5, 5.41) is 9.77. The van der Waals surface area contributed by atoms with Gasteiger partial charge in [-0.1, -0.05) is 24.6 Å². The molecule has 0 aliphatic heterocycles. The molecule has 0 unspecified atom stereocenters. The Kier molecular flexibility index (Phi) is 6.48. The average molecular weight is 428 g/mol. The average Bonchev–Trinajstić information content (AvgIpc) is 3.00. The van der Waals surface area contributed by atoms with Gasteiger partial charge in [-0.2, -0.15) is 5.26 Å². The first-order valence-corrected chi connectivity index (χ1v) is 9.88. The summed E-state index contributed by atoms with van der Waals surface area (Å²) in [5.74, 6) is 0.152. The number of carbonyl (C=O) groups excluding carboxylic acids is 1. The molecule has 7 nitrogen and oxygen atoms in total. The Morgan fingerprint density at radius 1 is 1.23 bits per heavy atom. The van der Waals surface area contributed by atoms with Gasteiger partial charge < -0.3 is 9.47 Å². The van der Waals surface area contributed by atoms with Crippen molar-refractivity contribution in [3.8, 4) is 11.8 Å². The molecule has 0 radical (unpaired) electrons. The lowest BCUT2D eigenvalue weighted by atomic mass is 10.2. The molecule has 0 amide bonds. The molecule has 0 fully saturated rings. The zero-order valence-electron chi connectivity index (χ0n) is 17.0.